The van der Waals surface area contributed by atoms with Gasteiger partial charge in [-0.05, 0) is 42.0 Å². The van der Waals surface area contributed by atoms with Crippen LogP contribution in [0.5, 0.6) is 0 Å². The SMILES string of the molecule is COCc1ccc(NC(=O)Nc2ccc(S(=O)(=O)F)cc2)cc1. The monoisotopic (exact) mass is 338 g/mol. The number of ether oxygens (including phenoxy) is 1. The predicted molar refractivity (Wildman–Crippen MR) is 84.5 cm³/mol. The summed E-state index contributed by atoms with van der Waals surface area (Å²) < 4.78 is 39.2. The highest BCUT2D eigenvalue weighted by molar-refractivity contribution is 7.86. The third-order valence-electron chi connectivity index (χ3n) is 2.92. The number of carbonyl (C=O) groups is 1. The zero-order chi connectivity index (χ0) is 16.9. The second kappa shape index (κ2) is 7.21. The highest BCUT2D eigenvalue weighted by atomic mass is 32.3. The smallest absolute Gasteiger partial charge is 0.332 e. The first-order chi connectivity index (χ1) is 10.9. The predicted octanol–water partition coefficient (Wildman–Crippen LogP) is 3.14. The van der Waals surface area contributed by atoms with Crippen molar-refractivity contribution >= 4 is 27.6 Å². The Balaban J connectivity index is 1.96. The van der Waals surface area contributed by atoms with Crippen LogP contribution in [0, 0.1) is 0 Å². The standard InChI is InChI=1S/C15H15FN2O4S/c1-22-10-11-2-4-12(5-3-11)17-15(19)18-13-6-8-14(9-7-13)23(16,20)21/h2-9H,10H2,1H3,(H2,17,18,19). The summed E-state index contributed by atoms with van der Waals surface area (Å²) in [5.41, 5.74) is 1.90. The summed E-state index contributed by atoms with van der Waals surface area (Å²) in [6.07, 6.45) is 0. The molecule has 8 heteroatoms. The van der Waals surface area contributed by atoms with Crippen molar-refractivity contribution in [1.29, 1.82) is 0 Å². The molecule has 0 unspecified atom stereocenters. The van der Waals surface area contributed by atoms with Crippen molar-refractivity contribution in [3.63, 3.8) is 0 Å². The minimum absolute atomic E-state index is 0.339. The Morgan fingerprint density at radius 1 is 1.00 bits per heavy atom. The van der Waals surface area contributed by atoms with E-state index >= 15 is 0 Å². The maximum Gasteiger partial charge on any atom is 0.332 e. The molecule has 0 aliphatic heterocycles. The van der Waals surface area contributed by atoms with Gasteiger partial charge in [0.15, 0.2) is 0 Å². The highest BCUT2D eigenvalue weighted by Gasteiger charge is 2.11. The fourth-order valence-electron chi connectivity index (χ4n) is 1.85. The van der Waals surface area contributed by atoms with E-state index in [1.54, 1.807) is 19.2 Å². The van der Waals surface area contributed by atoms with Crippen molar-refractivity contribution in [3.8, 4) is 0 Å². The van der Waals surface area contributed by atoms with Crippen molar-refractivity contribution in [3.05, 3.63) is 54.1 Å². The van der Waals surface area contributed by atoms with Crippen molar-refractivity contribution in [2.75, 3.05) is 17.7 Å². The van der Waals surface area contributed by atoms with Crippen LogP contribution in [0.2, 0.25) is 0 Å². The van der Waals surface area contributed by atoms with Gasteiger partial charge in [-0.25, -0.2) is 4.79 Å². The molecule has 0 atom stereocenters. The van der Waals surface area contributed by atoms with Crippen LogP contribution in [0.1, 0.15) is 5.56 Å². The molecule has 6 nitrogen and oxygen atoms in total. The average molecular weight is 338 g/mol. The minimum atomic E-state index is -4.74. The van der Waals surface area contributed by atoms with Crippen LogP contribution in [0.3, 0.4) is 0 Å². The summed E-state index contributed by atoms with van der Waals surface area (Å²) in [6.45, 7) is 0.482. The van der Waals surface area contributed by atoms with E-state index in [0.29, 0.717) is 18.0 Å². The molecule has 2 amide bonds. The molecule has 0 bridgehead atoms. The van der Waals surface area contributed by atoms with Gasteiger partial charge in [0, 0.05) is 18.5 Å². The van der Waals surface area contributed by atoms with E-state index in [9.17, 15) is 17.1 Å². The summed E-state index contributed by atoms with van der Waals surface area (Å²) >= 11 is 0. The second-order valence-corrected chi connectivity index (χ2v) is 6.02. The van der Waals surface area contributed by atoms with Gasteiger partial charge >= 0.3 is 16.3 Å². The van der Waals surface area contributed by atoms with E-state index in [4.69, 9.17) is 4.74 Å². The summed E-state index contributed by atoms with van der Waals surface area (Å²) in [5.74, 6) is 0. The molecular formula is C15H15FN2O4S. The number of hydrogen-bond acceptors (Lipinski definition) is 4. The molecule has 0 saturated heterocycles. The van der Waals surface area contributed by atoms with Crippen LogP contribution < -0.4 is 10.6 Å². The molecule has 0 fully saturated rings. The second-order valence-electron chi connectivity index (χ2n) is 4.67. The Morgan fingerprint density at radius 3 is 1.91 bits per heavy atom. The summed E-state index contributed by atoms with van der Waals surface area (Å²) in [4.78, 5) is 11.4. The van der Waals surface area contributed by atoms with Gasteiger partial charge in [-0.1, -0.05) is 12.1 Å². The first-order valence-electron chi connectivity index (χ1n) is 6.59. The van der Waals surface area contributed by atoms with Gasteiger partial charge in [0.2, 0.25) is 0 Å². The van der Waals surface area contributed by atoms with E-state index < -0.39 is 21.1 Å². The minimum Gasteiger partial charge on any atom is -0.380 e. The summed E-state index contributed by atoms with van der Waals surface area (Å²) in [6, 6.07) is 11.3. The third kappa shape index (κ3) is 5.04. The van der Waals surface area contributed by atoms with Crippen LogP contribution in [0.15, 0.2) is 53.4 Å². The number of amides is 2. The van der Waals surface area contributed by atoms with Gasteiger partial charge in [-0.2, -0.15) is 8.42 Å². The zero-order valence-electron chi connectivity index (χ0n) is 12.2. The van der Waals surface area contributed by atoms with Gasteiger partial charge < -0.3 is 15.4 Å². The normalized spacial score (nSPS) is 11.0. The lowest BCUT2D eigenvalue weighted by Crippen LogP contribution is -2.19. The van der Waals surface area contributed by atoms with Crippen molar-refractivity contribution < 1.29 is 21.8 Å². The van der Waals surface area contributed by atoms with Gasteiger partial charge in [0.05, 0.1) is 11.5 Å². The molecule has 0 saturated carbocycles. The maximum absolute atomic E-state index is 12.8. The number of anilines is 2. The molecule has 0 heterocycles. The fourth-order valence-corrected chi connectivity index (χ4v) is 2.31. The number of methoxy groups -OCH3 is 1. The molecule has 2 rings (SSSR count). The molecular weight excluding hydrogens is 323 g/mol. The molecule has 0 aliphatic carbocycles. The molecule has 23 heavy (non-hydrogen) atoms. The van der Waals surface area contributed by atoms with Gasteiger partial charge in [0.25, 0.3) is 0 Å². The average Bonchev–Trinajstić information content (AvgIpc) is 2.49. The van der Waals surface area contributed by atoms with Crippen LogP contribution in [-0.2, 0) is 21.6 Å². The molecule has 122 valence electrons. The quantitative estimate of drug-likeness (QED) is 0.820. The Kier molecular flexibility index (Phi) is 5.30. The lowest BCUT2D eigenvalue weighted by molar-refractivity contribution is 0.185. The Morgan fingerprint density at radius 2 is 1.48 bits per heavy atom. The summed E-state index contributed by atoms with van der Waals surface area (Å²) in [5, 5.41) is 5.14. The zero-order valence-corrected chi connectivity index (χ0v) is 13.1. The molecule has 0 spiro atoms. The van der Waals surface area contributed by atoms with E-state index in [1.165, 1.54) is 12.1 Å². The lowest BCUT2D eigenvalue weighted by atomic mass is 10.2. The van der Waals surface area contributed by atoms with Crippen LogP contribution in [0.25, 0.3) is 0 Å². The van der Waals surface area contributed by atoms with Gasteiger partial charge in [0.1, 0.15) is 0 Å². The Labute approximate surface area is 133 Å². The number of hydrogen-bond donors (Lipinski definition) is 2. The number of rotatable bonds is 5. The number of halogens is 1. The number of benzene rings is 2. The fraction of sp³-hybridized carbons (Fsp3) is 0.133. The molecule has 2 aromatic rings. The van der Waals surface area contributed by atoms with Crippen molar-refractivity contribution in [1.82, 2.24) is 0 Å². The van der Waals surface area contributed by atoms with Crippen molar-refractivity contribution in [2.24, 2.45) is 0 Å². The molecule has 0 radical (unpaired) electrons. The number of urea groups is 1. The molecule has 0 aliphatic rings. The van der Waals surface area contributed by atoms with Gasteiger partial charge in [-0.15, -0.1) is 3.89 Å². The largest absolute Gasteiger partial charge is 0.380 e. The Hall–Kier alpha value is -2.45. The van der Waals surface area contributed by atoms with E-state index in [0.717, 1.165) is 17.7 Å². The first-order valence-corrected chi connectivity index (χ1v) is 7.97. The van der Waals surface area contributed by atoms with E-state index in [1.807, 2.05) is 12.1 Å². The molecule has 2 aromatic carbocycles. The van der Waals surface area contributed by atoms with Gasteiger partial charge in [-0.3, -0.25) is 0 Å². The number of carbonyl (C=O) groups excluding carboxylic acids is 1. The third-order valence-corrected chi connectivity index (χ3v) is 3.75. The van der Waals surface area contributed by atoms with E-state index in [-0.39, 0.29) is 0 Å². The van der Waals surface area contributed by atoms with Crippen LogP contribution >= 0.6 is 0 Å². The number of nitrogens with one attached hydrogen (secondary N) is 2. The molecule has 0 aromatic heterocycles. The summed E-state index contributed by atoms with van der Waals surface area (Å²) in [7, 11) is -3.15. The first kappa shape index (κ1) is 16.9. The maximum atomic E-state index is 12.8. The van der Waals surface area contributed by atoms with E-state index in [2.05, 4.69) is 10.6 Å². The highest BCUT2D eigenvalue weighted by Crippen LogP contribution is 2.16. The lowest BCUT2D eigenvalue weighted by Gasteiger charge is -2.08. The topological polar surface area (TPSA) is 84.5 Å². The van der Waals surface area contributed by atoms with Crippen LogP contribution in [-0.4, -0.2) is 21.6 Å². The Bertz CT molecular complexity index is 774. The van der Waals surface area contributed by atoms with Crippen molar-refractivity contribution in [2.45, 2.75) is 11.5 Å². The van der Waals surface area contributed by atoms with Crippen LogP contribution in [0.4, 0.5) is 20.1 Å². The molecule has 2 N–H and O–H groups in total.